The lowest BCUT2D eigenvalue weighted by Crippen LogP contribution is -1.97. The summed E-state index contributed by atoms with van der Waals surface area (Å²) in [7, 11) is 0. The molecule has 0 radical (unpaired) electrons. The summed E-state index contributed by atoms with van der Waals surface area (Å²) in [5.74, 6) is 1.30. The fourth-order valence-corrected chi connectivity index (χ4v) is 1.92. The molecule has 0 spiro atoms. The van der Waals surface area contributed by atoms with E-state index in [1.165, 1.54) is 11.3 Å². The molecule has 2 rings (SSSR count). The zero-order chi connectivity index (χ0) is 12.8. The van der Waals surface area contributed by atoms with Crippen molar-refractivity contribution in [3.05, 3.63) is 35.2 Å². The van der Waals surface area contributed by atoms with Crippen molar-refractivity contribution < 1.29 is 4.74 Å². The normalized spacial score (nSPS) is 10.7. The number of benzene rings is 1. The summed E-state index contributed by atoms with van der Waals surface area (Å²) in [5.41, 5.74) is 9.25. The molecule has 1 heterocycles. The van der Waals surface area contributed by atoms with E-state index in [9.17, 15) is 0 Å². The Balaban J connectivity index is 2.04. The van der Waals surface area contributed by atoms with Gasteiger partial charge in [0.15, 0.2) is 0 Å². The van der Waals surface area contributed by atoms with Crippen molar-refractivity contribution in [2.75, 3.05) is 17.8 Å². The standard InChI is InChI=1S/C12H14N4OS/c1-2-17-10-6-4-3-5-9(10)7-14-16-12-15-11(13)8-18-12/h3-8H,2,13H2,1H3,(H,15,16). The quantitative estimate of drug-likeness (QED) is 0.641. The SMILES string of the molecule is CCOc1ccccc1C=NNc1nc(N)cs1. The molecule has 18 heavy (non-hydrogen) atoms. The Hall–Kier alpha value is -2.08. The van der Waals surface area contributed by atoms with Gasteiger partial charge in [0.2, 0.25) is 5.13 Å². The highest BCUT2D eigenvalue weighted by Gasteiger charge is 1.99. The van der Waals surface area contributed by atoms with Gasteiger partial charge in [0.1, 0.15) is 11.6 Å². The first-order valence-electron chi connectivity index (χ1n) is 5.51. The summed E-state index contributed by atoms with van der Waals surface area (Å²) in [5, 5.41) is 6.53. The first-order valence-corrected chi connectivity index (χ1v) is 6.39. The molecule has 0 atom stereocenters. The molecule has 0 saturated carbocycles. The summed E-state index contributed by atoms with van der Waals surface area (Å²) in [6.45, 7) is 2.58. The summed E-state index contributed by atoms with van der Waals surface area (Å²) >= 11 is 1.41. The van der Waals surface area contributed by atoms with Crippen LogP contribution in [0.1, 0.15) is 12.5 Å². The number of nitrogen functional groups attached to an aromatic ring is 1. The van der Waals surface area contributed by atoms with Gasteiger partial charge in [0, 0.05) is 10.9 Å². The predicted molar refractivity (Wildman–Crippen MR) is 75.4 cm³/mol. The van der Waals surface area contributed by atoms with E-state index in [0.717, 1.165) is 11.3 Å². The number of thiazole rings is 1. The number of rotatable bonds is 5. The van der Waals surface area contributed by atoms with Crippen molar-refractivity contribution in [2.24, 2.45) is 5.10 Å². The Bertz CT molecular complexity index is 538. The average Bonchev–Trinajstić information content (AvgIpc) is 2.78. The summed E-state index contributed by atoms with van der Waals surface area (Å²) in [6.07, 6.45) is 1.70. The van der Waals surface area contributed by atoms with Gasteiger partial charge in [0.05, 0.1) is 12.8 Å². The molecule has 6 heteroatoms. The van der Waals surface area contributed by atoms with Gasteiger partial charge in [0.25, 0.3) is 0 Å². The largest absolute Gasteiger partial charge is 0.493 e. The Morgan fingerprint density at radius 2 is 2.33 bits per heavy atom. The molecule has 0 aliphatic carbocycles. The van der Waals surface area contributed by atoms with Crippen molar-refractivity contribution in [2.45, 2.75) is 6.92 Å². The van der Waals surface area contributed by atoms with Gasteiger partial charge in [-0.2, -0.15) is 5.10 Å². The Morgan fingerprint density at radius 1 is 1.50 bits per heavy atom. The van der Waals surface area contributed by atoms with Gasteiger partial charge in [-0.05, 0) is 19.1 Å². The number of nitrogens with one attached hydrogen (secondary N) is 1. The minimum atomic E-state index is 0.493. The number of nitrogens with two attached hydrogens (primary N) is 1. The molecule has 0 unspecified atom stereocenters. The van der Waals surface area contributed by atoms with Crippen LogP contribution in [0.5, 0.6) is 5.75 Å². The van der Waals surface area contributed by atoms with Crippen LogP contribution in [0.25, 0.3) is 0 Å². The number of ether oxygens (including phenoxy) is 1. The van der Waals surface area contributed by atoms with Crippen LogP contribution in [0.15, 0.2) is 34.7 Å². The third-order valence-corrected chi connectivity index (χ3v) is 2.87. The van der Waals surface area contributed by atoms with Crippen LogP contribution in [0, 0.1) is 0 Å². The molecule has 2 aromatic rings. The monoisotopic (exact) mass is 262 g/mol. The van der Waals surface area contributed by atoms with Crippen molar-refractivity contribution in [3.8, 4) is 5.75 Å². The molecule has 1 aromatic heterocycles. The lowest BCUT2D eigenvalue weighted by Gasteiger charge is -2.05. The molecule has 1 aromatic carbocycles. The third-order valence-electron chi connectivity index (χ3n) is 2.10. The molecule has 5 nitrogen and oxygen atoms in total. The summed E-state index contributed by atoms with van der Waals surface area (Å²) in [6, 6.07) is 7.71. The smallest absolute Gasteiger partial charge is 0.205 e. The van der Waals surface area contributed by atoms with E-state index in [1.807, 2.05) is 31.2 Å². The number of nitrogens with zero attached hydrogens (tertiary/aromatic N) is 2. The molecule has 0 aliphatic heterocycles. The van der Waals surface area contributed by atoms with Crippen LogP contribution >= 0.6 is 11.3 Å². The van der Waals surface area contributed by atoms with Crippen LogP contribution in [-0.2, 0) is 0 Å². The van der Waals surface area contributed by atoms with Gasteiger partial charge in [-0.25, -0.2) is 4.98 Å². The van der Waals surface area contributed by atoms with E-state index in [-0.39, 0.29) is 0 Å². The van der Waals surface area contributed by atoms with Crippen LogP contribution in [0.3, 0.4) is 0 Å². The van der Waals surface area contributed by atoms with E-state index in [0.29, 0.717) is 17.6 Å². The zero-order valence-corrected chi connectivity index (χ0v) is 10.8. The van der Waals surface area contributed by atoms with E-state index in [2.05, 4.69) is 15.5 Å². The van der Waals surface area contributed by atoms with Gasteiger partial charge in [-0.1, -0.05) is 12.1 Å². The summed E-state index contributed by atoms with van der Waals surface area (Å²) in [4.78, 5) is 4.04. The Kier molecular flexibility index (Phi) is 4.14. The number of hydrogen-bond donors (Lipinski definition) is 2. The minimum Gasteiger partial charge on any atom is -0.493 e. The van der Waals surface area contributed by atoms with Crippen LogP contribution in [-0.4, -0.2) is 17.8 Å². The first-order chi connectivity index (χ1) is 8.79. The minimum absolute atomic E-state index is 0.493. The molecule has 0 bridgehead atoms. The molecule has 3 N–H and O–H groups in total. The summed E-state index contributed by atoms with van der Waals surface area (Å²) < 4.78 is 5.49. The second-order valence-corrected chi connectivity index (χ2v) is 4.28. The first kappa shape index (κ1) is 12.4. The Morgan fingerprint density at radius 3 is 3.06 bits per heavy atom. The lowest BCUT2D eigenvalue weighted by molar-refractivity contribution is 0.340. The van der Waals surface area contributed by atoms with Crippen molar-refractivity contribution in [1.29, 1.82) is 0 Å². The predicted octanol–water partition coefficient (Wildman–Crippen LogP) is 2.57. The lowest BCUT2D eigenvalue weighted by atomic mass is 10.2. The topological polar surface area (TPSA) is 72.5 Å². The van der Waals surface area contributed by atoms with Gasteiger partial charge < -0.3 is 10.5 Å². The number of anilines is 2. The van der Waals surface area contributed by atoms with Gasteiger partial charge in [-0.3, -0.25) is 5.43 Å². The molecular weight excluding hydrogens is 248 g/mol. The average molecular weight is 262 g/mol. The van der Waals surface area contributed by atoms with Gasteiger partial charge >= 0.3 is 0 Å². The molecule has 0 fully saturated rings. The van der Waals surface area contributed by atoms with Gasteiger partial charge in [-0.15, -0.1) is 11.3 Å². The fraction of sp³-hybridized carbons (Fsp3) is 0.167. The zero-order valence-electron chi connectivity index (χ0n) is 9.96. The number of hydrazone groups is 1. The van der Waals surface area contributed by atoms with E-state index < -0.39 is 0 Å². The highest BCUT2D eigenvalue weighted by molar-refractivity contribution is 7.14. The maximum absolute atomic E-state index is 5.51. The third kappa shape index (κ3) is 3.21. The highest BCUT2D eigenvalue weighted by atomic mass is 32.1. The maximum atomic E-state index is 5.51. The second-order valence-electron chi connectivity index (χ2n) is 3.42. The second kappa shape index (κ2) is 6.02. The molecule has 94 valence electrons. The van der Waals surface area contributed by atoms with E-state index in [4.69, 9.17) is 10.5 Å². The van der Waals surface area contributed by atoms with E-state index >= 15 is 0 Å². The van der Waals surface area contributed by atoms with Crippen molar-refractivity contribution >= 4 is 28.5 Å². The van der Waals surface area contributed by atoms with Crippen molar-refractivity contribution in [1.82, 2.24) is 4.98 Å². The highest BCUT2D eigenvalue weighted by Crippen LogP contribution is 2.17. The van der Waals surface area contributed by atoms with Crippen LogP contribution in [0.4, 0.5) is 10.9 Å². The number of para-hydroxylation sites is 1. The maximum Gasteiger partial charge on any atom is 0.205 e. The molecular formula is C12H14N4OS. The fourth-order valence-electron chi connectivity index (χ4n) is 1.37. The van der Waals surface area contributed by atoms with E-state index in [1.54, 1.807) is 11.6 Å². The number of aromatic nitrogens is 1. The molecule has 0 aliphatic rings. The van der Waals surface area contributed by atoms with Crippen LogP contribution < -0.4 is 15.9 Å². The molecule has 0 amide bonds. The van der Waals surface area contributed by atoms with Crippen LogP contribution in [0.2, 0.25) is 0 Å². The van der Waals surface area contributed by atoms with Crippen molar-refractivity contribution in [3.63, 3.8) is 0 Å². The molecule has 0 saturated heterocycles. The number of hydrogen-bond acceptors (Lipinski definition) is 6. The Labute approximate surface area is 109 Å².